The molecule has 0 aliphatic rings. The van der Waals surface area contributed by atoms with Gasteiger partial charge in [0.1, 0.15) is 11.6 Å². The summed E-state index contributed by atoms with van der Waals surface area (Å²) in [6.07, 6.45) is 0. The minimum Gasteiger partial charge on any atom is -0.482 e. The average molecular weight is 339 g/mol. The molecule has 0 aliphatic carbocycles. The molecule has 1 amide bonds. The molecule has 0 aliphatic heterocycles. The first kappa shape index (κ1) is 16.1. The lowest BCUT2D eigenvalue weighted by Gasteiger charge is -2.09. The molecule has 112 valence electrons. The highest BCUT2D eigenvalue weighted by atomic mass is 35.5. The third-order valence-electron chi connectivity index (χ3n) is 2.62. The van der Waals surface area contributed by atoms with Gasteiger partial charge in [-0.15, -0.1) is 0 Å². The molecule has 0 saturated heterocycles. The number of carbonyl (C=O) groups excluding carboxylic acids is 1. The summed E-state index contributed by atoms with van der Waals surface area (Å²) in [7, 11) is 0. The number of carbonyl (C=O) groups is 1. The van der Waals surface area contributed by atoms with E-state index in [4.69, 9.17) is 33.2 Å². The first-order chi connectivity index (χ1) is 10.5. The fourth-order valence-electron chi connectivity index (χ4n) is 1.61. The fraction of sp³-hybridized carbons (Fsp3) is 0.0667. The zero-order valence-electron chi connectivity index (χ0n) is 11.1. The molecule has 0 bridgehead atoms. The molecule has 0 atom stereocenters. The molecule has 0 radical (unpaired) electrons. The molecule has 4 nitrogen and oxygen atoms in total. The zero-order valence-corrected chi connectivity index (χ0v) is 12.6. The summed E-state index contributed by atoms with van der Waals surface area (Å²) < 4.78 is 18.8. The van der Waals surface area contributed by atoms with E-state index < -0.39 is 11.7 Å². The van der Waals surface area contributed by atoms with Crippen LogP contribution in [0.15, 0.2) is 36.4 Å². The number of nitriles is 1. The summed E-state index contributed by atoms with van der Waals surface area (Å²) in [6.45, 7) is -0.353. The number of rotatable bonds is 4. The van der Waals surface area contributed by atoms with Gasteiger partial charge < -0.3 is 10.1 Å². The van der Waals surface area contributed by atoms with E-state index in [0.29, 0.717) is 5.56 Å². The van der Waals surface area contributed by atoms with Crippen molar-refractivity contribution in [3.8, 4) is 11.8 Å². The highest BCUT2D eigenvalue weighted by Crippen LogP contribution is 2.25. The molecule has 0 spiro atoms. The van der Waals surface area contributed by atoms with E-state index in [1.54, 1.807) is 0 Å². The Balaban J connectivity index is 1.97. The number of benzene rings is 2. The lowest BCUT2D eigenvalue weighted by molar-refractivity contribution is -0.118. The number of ether oxygens (including phenoxy) is 1. The maximum Gasteiger partial charge on any atom is 0.262 e. The predicted octanol–water partition coefficient (Wildman–Crippen LogP) is 4.02. The van der Waals surface area contributed by atoms with Gasteiger partial charge in [-0.25, -0.2) is 4.39 Å². The number of halogens is 3. The molecule has 7 heteroatoms. The highest BCUT2D eigenvalue weighted by molar-refractivity contribution is 6.32. The van der Waals surface area contributed by atoms with Crippen LogP contribution in [-0.4, -0.2) is 12.5 Å². The normalized spacial score (nSPS) is 9.91. The van der Waals surface area contributed by atoms with Crippen LogP contribution in [0.4, 0.5) is 10.1 Å². The van der Waals surface area contributed by atoms with Crippen molar-refractivity contribution in [2.24, 2.45) is 0 Å². The van der Waals surface area contributed by atoms with Crippen molar-refractivity contribution in [1.82, 2.24) is 0 Å². The molecule has 2 aromatic carbocycles. The van der Waals surface area contributed by atoms with Crippen molar-refractivity contribution in [1.29, 1.82) is 5.26 Å². The maximum absolute atomic E-state index is 13.5. The summed E-state index contributed by atoms with van der Waals surface area (Å²) in [5.41, 5.74) is 0.383. The van der Waals surface area contributed by atoms with E-state index in [9.17, 15) is 9.18 Å². The van der Waals surface area contributed by atoms with Gasteiger partial charge >= 0.3 is 0 Å². The van der Waals surface area contributed by atoms with Crippen molar-refractivity contribution in [3.63, 3.8) is 0 Å². The SMILES string of the molecule is N#Cc1ccc(OCC(=O)Nc2ccc(Cl)cc2F)c(Cl)c1. The highest BCUT2D eigenvalue weighted by Gasteiger charge is 2.10. The van der Waals surface area contributed by atoms with E-state index in [2.05, 4.69) is 5.32 Å². The number of hydrogen-bond donors (Lipinski definition) is 1. The second-order valence-electron chi connectivity index (χ2n) is 4.22. The molecular weight excluding hydrogens is 330 g/mol. The second-order valence-corrected chi connectivity index (χ2v) is 5.06. The Morgan fingerprint density at radius 3 is 2.68 bits per heavy atom. The molecule has 0 heterocycles. The number of nitrogens with one attached hydrogen (secondary N) is 1. The zero-order chi connectivity index (χ0) is 16.1. The largest absolute Gasteiger partial charge is 0.482 e. The summed E-state index contributed by atoms with van der Waals surface area (Å²) >= 11 is 11.5. The quantitative estimate of drug-likeness (QED) is 0.915. The Hall–Kier alpha value is -2.29. The van der Waals surface area contributed by atoms with Crippen molar-refractivity contribution >= 4 is 34.8 Å². The summed E-state index contributed by atoms with van der Waals surface area (Å²) in [6, 6.07) is 10.3. The van der Waals surface area contributed by atoms with Gasteiger partial charge in [0, 0.05) is 5.02 Å². The third-order valence-corrected chi connectivity index (χ3v) is 3.16. The molecule has 0 saturated carbocycles. The minimum atomic E-state index is -0.641. The predicted molar refractivity (Wildman–Crippen MR) is 81.7 cm³/mol. The van der Waals surface area contributed by atoms with Crippen molar-refractivity contribution in [2.45, 2.75) is 0 Å². The maximum atomic E-state index is 13.5. The smallest absolute Gasteiger partial charge is 0.262 e. The lowest BCUT2D eigenvalue weighted by atomic mass is 10.2. The lowest BCUT2D eigenvalue weighted by Crippen LogP contribution is -2.20. The van der Waals surface area contributed by atoms with Gasteiger partial charge in [0.25, 0.3) is 5.91 Å². The molecule has 2 aromatic rings. The number of nitrogens with zero attached hydrogens (tertiary/aromatic N) is 1. The molecule has 0 aromatic heterocycles. The van der Waals surface area contributed by atoms with E-state index in [0.717, 1.165) is 6.07 Å². The monoisotopic (exact) mass is 338 g/mol. The molecule has 0 unspecified atom stereocenters. The molecule has 1 N–H and O–H groups in total. The Labute approximate surface area is 136 Å². The first-order valence-corrected chi connectivity index (χ1v) is 6.82. The standard InChI is InChI=1S/C15H9Cl2FN2O2/c16-10-2-3-13(12(18)6-10)20-15(21)8-22-14-4-1-9(7-19)5-11(14)17/h1-6H,8H2,(H,20,21). The van der Waals surface area contributed by atoms with Crippen LogP contribution in [0.2, 0.25) is 10.0 Å². The first-order valence-electron chi connectivity index (χ1n) is 6.07. The van der Waals surface area contributed by atoms with Gasteiger partial charge in [0.2, 0.25) is 0 Å². The Morgan fingerprint density at radius 2 is 2.05 bits per heavy atom. The summed E-state index contributed by atoms with van der Waals surface area (Å²) in [4.78, 5) is 11.7. The van der Waals surface area contributed by atoms with E-state index >= 15 is 0 Å². The van der Waals surface area contributed by atoms with Crippen LogP contribution in [-0.2, 0) is 4.79 Å². The van der Waals surface area contributed by atoms with E-state index in [1.165, 1.54) is 30.3 Å². The van der Waals surface area contributed by atoms with Crippen molar-refractivity contribution in [3.05, 3.63) is 57.8 Å². The van der Waals surface area contributed by atoms with Crippen LogP contribution in [0, 0.1) is 17.1 Å². The van der Waals surface area contributed by atoms with Crippen LogP contribution < -0.4 is 10.1 Å². The average Bonchev–Trinajstić information content (AvgIpc) is 2.48. The van der Waals surface area contributed by atoms with Crippen LogP contribution in [0.3, 0.4) is 0 Å². The Morgan fingerprint density at radius 1 is 1.27 bits per heavy atom. The van der Waals surface area contributed by atoms with Gasteiger partial charge in [0.05, 0.1) is 22.3 Å². The van der Waals surface area contributed by atoms with Crippen molar-refractivity contribution < 1.29 is 13.9 Å². The Kier molecular flexibility index (Phi) is 5.21. The summed E-state index contributed by atoms with van der Waals surface area (Å²) in [5, 5.41) is 11.5. The number of amides is 1. The van der Waals surface area contributed by atoms with Crippen LogP contribution in [0.1, 0.15) is 5.56 Å². The fourth-order valence-corrected chi connectivity index (χ4v) is 2.00. The van der Waals surface area contributed by atoms with Crippen LogP contribution in [0.25, 0.3) is 0 Å². The molecule has 0 fully saturated rings. The number of anilines is 1. The molecule has 22 heavy (non-hydrogen) atoms. The van der Waals surface area contributed by atoms with E-state index in [-0.39, 0.29) is 28.1 Å². The minimum absolute atomic E-state index is 0.00363. The van der Waals surface area contributed by atoms with E-state index in [1.807, 2.05) is 6.07 Å². The number of hydrogen-bond acceptors (Lipinski definition) is 3. The second kappa shape index (κ2) is 7.12. The Bertz CT molecular complexity index is 760. The third kappa shape index (κ3) is 4.10. The molecular formula is C15H9Cl2FN2O2. The van der Waals surface area contributed by atoms with Gasteiger partial charge in [-0.05, 0) is 36.4 Å². The van der Waals surface area contributed by atoms with Crippen LogP contribution in [0.5, 0.6) is 5.75 Å². The van der Waals surface area contributed by atoms with Gasteiger partial charge in [-0.1, -0.05) is 23.2 Å². The van der Waals surface area contributed by atoms with Gasteiger partial charge in [-0.3, -0.25) is 4.79 Å². The summed E-state index contributed by atoms with van der Waals surface area (Å²) in [5.74, 6) is -0.939. The van der Waals surface area contributed by atoms with Gasteiger partial charge in [0.15, 0.2) is 6.61 Å². The van der Waals surface area contributed by atoms with Crippen molar-refractivity contribution in [2.75, 3.05) is 11.9 Å². The topological polar surface area (TPSA) is 62.1 Å². The molecule has 2 rings (SSSR count). The van der Waals surface area contributed by atoms with Gasteiger partial charge in [-0.2, -0.15) is 5.26 Å². The van der Waals surface area contributed by atoms with Crippen LogP contribution >= 0.6 is 23.2 Å².